The summed E-state index contributed by atoms with van der Waals surface area (Å²) in [6, 6.07) is 0. The van der Waals surface area contributed by atoms with Crippen LogP contribution in [-0.2, 0) is 4.79 Å². The number of rotatable bonds is 2. The zero-order chi connectivity index (χ0) is 12.6. The summed E-state index contributed by atoms with van der Waals surface area (Å²) >= 11 is 5.08. The molecule has 0 aromatic heterocycles. The Morgan fingerprint density at radius 1 is 1.65 bits per heavy atom. The van der Waals surface area contributed by atoms with E-state index in [1.165, 1.54) is 0 Å². The normalized spacial score (nSPS) is 28.8. The van der Waals surface area contributed by atoms with Crippen molar-refractivity contribution >= 4 is 39.4 Å². The lowest BCUT2D eigenvalue weighted by molar-refractivity contribution is -0.127. The Morgan fingerprint density at radius 2 is 2.35 bits per heavy atom. The molecule has 0 radical (unpaired) electrons. The van der Waals surface area contributed by atoms with Gasteiger partial charge in [0.1, 0.15) is 5.84 Å². The summed E-state index contributed by atoms with van der Waals surface area (Å²) in [6.45, 7) is 4.70. The second kappa shape index (κ2) is 5.02. The van der Waals surface area contributed by atoms with E-state index < -0.39 is 0 Å². The summed E-state index contributed by atoms with van der Waals surface area (Å²) in [5.41, 5.74) is 2.30. The Kier molecular flexibility index (Phi) is 3.82. The van der Waals surface area contributed by atoms with Crippen molar-refractivity contribution in [2.45, 2.75) is 30.6 Å². The molecule has 1 amide bonds. The number of amidine groups is 1. The van der Waals surface area contributed by atoms with Crippen molar-refractivity contribution in [2.24, 2.45) is 4.99 Å². The number of halogens is 1. The van der Waals surface area contributed by atoms with Crippen molar-refractivity contribution in [3.63, 3.8) is 0 Å². The van der Waals surface area contributed by atoms with Gasteiger partial charge >= 0.3 is 0 Å². The molecular weight excluding hydrogens is 302 g/mol. The van der Waals surface area contributed by atoms with Gasteiger partial charge in [0.25, 0.3) is 0 Å². The highest BCUT2D eigenvalue weighted by atomic mass is 79.9. The third kappa shape index (κ3) is 2.25. The molecule has 2 aliphatic heterocycles. The van der Waals surface area contributed by atoms with Gasteiger partial charge in [0.2, 0.25) is 5.91 Å². The minimum Gasteiger partial charge on any atom is -0.359 e. The van der Waals surface area contributed by atoms with Crippen LogP contribution in [0.5, 0.6) is 0 Å². The standard InChI is InChI=1S/C11H16BrN3OS/c1-4-15-9-7(5-8(12)10(15)16)6(2)13-11(14-9)17-3/h8,11,13H,4-5H2,1-3H3. The Balaban J connectivity index is 2.41. The molecule has 0 saturated carbocycles. The number of hydrogen-bond acceptors (Lipinski definition) is 4. The smallest absolute Gasteiger partial charge is 0.242 e. The van der Waals surface area contributed by atoms with Crippen LogP contribution in [0.25, 0.3) is 0 Å². The minimum absolute atomic E-state index is 0.0162. The van der Waals surface area contributed by atoms with Crippen LogP contribution in [0.1, 0.15) is 20.3 Å². The van der Waals surface area contributed by atoms with Gasteiger partial charge in [-0.05, 0) is 26.5 Å². The summed E-state index contributed by atoms with van der Waals surface area (Å²) < 4.78 is 0. The third-order valence-electron chi connectivity index (χ3n) is 3.01. The first-order chi connectivity index (χ1) is 8.08. The van der Waals surface area contributed by atoms with E-state index in [1.807, 2.05) is 13.2 Å². The van der Waals surface area contributed by atoms with Crippen molar-refractivity contribution in [1.29, 1.82) is 0 Å². The van der Waals surface area contributed by atoms with Crippen LogP contribution in [0.3, 0.4) is 0 Å². The van der Waals surface area contributed by atoms with Crippen LogP contribution < -0.4 is 5.32 Å². The molecule has 2 atom stereocenters. The number of allylic oxidation sites excluding steroid dienone is 1. The summed E-state index contributed by atoms with van der Waals surface area (Å²) in [5, 5.41) is 3.34. The van der Waals surface area contributed by atoms with Crippen molar-refractivity contribution in [2.75, 3.05) is 12.8 Å². The topological polar surface area (TPSA) is 44.7 Å². The summed E-state index contributed by atoms with van der Waals surface area (Å²) in [5.74, 6) is 0.966. The first-order valence-electron chi connectivity index (χ1n) is 5.61. The quantitative estimate of drug-likeness (QED) is 0.791. The number of nitrogens with one attached hydrogen (secondary N) is 1. The molecule has 0 spiro atoms. The highest BCUT2D eigenvalue weighted by Gasteiger charge is 2.36. The molecule has 1 N–H and O–H groups in total. The van der Waals surface area contributed by atoms with Crippen LogP contribution in [0.4, 0.5) is 0 Å². The van der Waals surface area contributed by atoms with Crippen molar-refractivity contribution in [3.8, 4) is 0 Å². The number of aliphatic imine (C=N–C) groups is 1. The number of likely N-dealkylation sites (N-methyl/N-ethyl adjacent to an activating group) is 1. The molecular formula is C11H16BrN3OS. The Labute approximate surface area is 114 Å². The highest BCUT2D eigenvalue weighted by Crippen LogP contribution is 2.30. The first kappa shape index (κ1) is 13.0. The molecule has 2 aliphatic rings. The molecule has 17 heavy (non-hydrogen) atoms. The number of carbonyl (C=O) groups excluding carboxylic acids is 1. The zero-order valence-electron chi connectivity index (χ0n) is 10.2. The lowest BCUT2D eigenvalue weighted by Crippen LogP contribution is -2.50. The fourth-order valence-corrected chi connectivity index (χ4v) is 3.17. The summed E-state index contributed by atoms with van der Waals surface area (Å²) in [4.78, 5) is 18.3. The average molecular weight is 318 g/mol. The zero-order valence-corrected chi connectivity index (χ0v) is 12.6. The maximum absolute atomic E-state index is 12.1. The molecule has 2 rings (SSSR count). The minimum atomic E-state index is -0.126. The van der Waals surface area contributed by atoms with E-state index in [1.54, 1.807) is 16.7 Å². The molecule has 2 unspecified atom stereocenters. The number of carbonyl (C=O) groups is 1. The number of hydrogen-bond donors (Lipinski definition) is 1. The first-order valence-corrected chi connectivity index (χ1v) is 7.81. The molecule has 4 nitrogen and oxygen atoms in total. The fraction of sp³-hybridized carbons (Fsp3) is 0.636. The highest BCUT2D eigenvalue weighted by molar-refractivity contribution is 9.10. The van der Waals surface area contributed by atoms with Gasteiger partial charge in [0, 0.05) is 17.8 Å². The third-order valence-corrected chi connectivity index (χ3v) is 4.40. The SMILES string of the molecule is CCN1C(=O)C(Br)CC2=C(C)NC(SC)N=C21. The largest absolute Gasteiger partial charge is 0.359 e. The van der Waals surface area contributed by atoms with Crippen LogP contribution in [0, 0.1) is 0 Å². The van der Waals surface area contributed by atoms with Crippen LogP contribution in [-0.4, -0.2) is 39.8 Å². The molecule has 1 saturated heterocycles. The average Bonchev–Trinajstić information content (AvgIpc) is 2.32. The molecule has 94 valence electrons. The summed E-state index contributed by atoms with van der Waals surface area (Å²) in [6.07, 6.45) is 2.72. The van der Waals surface area contributed by atoms with Crippen molar-refractivity contribution in [3.05, 3.63) is 11.3 Å². The van der Waals surface area contributed by atoms with E-state index >= 15 is 0 Å². The Hall–Kier alpha value is -0.490. The number of likely N-dealkylation sites (tertiary alicyclic amines) is 1. The molecule has 0 bridgehead atoms. The predicted molar refractivity (Wildman–Crippen MR) is 75.3 cm³/mol. The number of fused-ring (bicyclic) bond motifs is 1. The van der Waals surface area contributed by atoms with Gasteiger partial charge < -0.3 is 5.32 Å². The van der Waals surface area contributed by atoms with E-state index in [0.29, 0.717) is 13.0 Å². The number of thioether (sulfide) groups is 1. The molecule has 0 aromatic carbocycles. The summed E-state index contributed by atoms with van der Waals surface area (Å²) in [7, 11) is 0. The van der Waals surface area contributed by atoms with E-state index in [4.69, 9.17) is 0 Å². The molecule has 2 heterocycles. The van der Waals surface area contributed by atoms with Crippen LogP contribution >= 0.6 is 27.7 Å². The van der Waals surface area contributed by atoms with Gasteiger partial charge in [0.15, 0.2) is 5.50 Å². The molecule has 0 aromatic rings. The molecule has 1 fully saturated rings. The molecule has 6 heteroatoms. The van der Waals surface area contributed by atoms with Crippen molar-refractivity contribution < 1.29 is 4.79 Å². The van der Waals surface area contributed by atoms with Gasteiger partial charge in [-0.25, -0.2) is 4.99 Å². The second-order valence-corrected chi connectivity index (χ2v) is 6.07. The maximum Gasteiger partial charge on any atom is 0.242 e. The van der Waals surface area contributed by atoms with Crippen LogP contribution in [0.15, 0.2) is 16.3 Å². The molecule has 0 aliphatic carbocycles. The van der Waals surface area contributed by atoms with E-state index in [9.17, 15) is 4.79 Å². The number of alkyl halides is 1. The Bertz CT molecular complexity index is 408. The number of nitrogens with zero attached hydrogens (tertiary/aromatic N) is 2. The number of piperidine rings is 1. The van der Waals surface area contributed by atoms with Gasteiger partial charge in [-0.3, -0.25) is 9.69 Å². The van der Waals surface area contributed by atoms with E-state index in [-0.39, 0.29) is 16.2 Å². The van der Waals surface area contributed by atoms with Gasteiger partial charge in [-0.2, -0.15) is 0 Å². The van der Waals surface area contributed by atoms with Crippen LogP contribution in [0.2, 0.25) is 0 Å². The maximum atomic E-state index is 12.1. The van der Waals surface area contributed by atoms with E-state index in [0.717, 1.165) is 17.1 Å². The Morgan fingerprint density at radius 3 is 2.94 bits per heavy atom. The lowest BCUT2D eigenvalue weighted by atomic mass is 9.99. The van der Waals surface area contributed by atoms with Gasteiger partial charge in [-0.15, -0.1) is 11.8 Å². The number of amides is 1. The van der Waals surface area contributed by atoms with E-state index in [2.05, 4.69) is 33.2 Å². The predicted octanol–water partition coefficient (Wildman–Crippen LogP) is 1.92. The van der Waals surface area contributed by atoms with Gasteiger partial charge in [0.05, 0.1) is 4.83 Å². The second-order valence-electron chi connectivity index (χ2n) is 4.04. The van der Waals surface area contributed by atoms with Gasteiger partial charge in [-0.1, -0.05) is 15.9 Å². The fourth-order valence-electron chi connectivity index (χ4n) is 2.10. The lowest BCUT2D eigenvalue weighted by Gasteiger charge is -2.37. The monoisotopic (exact) mass is 317 g/mol. The van der Waals surface area contributed by atoms with Crippen molar-refractivity contribution in [1.82, 2.24) is 10.2 Å².